The molecule has 0 atom stereocenters. The third kappa shape index (κ3) is 3.88. The minimum Gasteiger partial charge on any atom is -0.293 e. The van der Waals surface area contributed by atoms with Crippen LogP contribution in [0.2, 0.25) is 0 Å². The van der Waals surface area contributed by atoms with Gasteiger partial charge in [-0.15, -0.1) is 0 Å². The summed E-state index contributed by atoms with van der Waals surface area (Å²) in [6, 6.07) is 7.89. The summed E-state index contributed by atoms with van der Waals surface area (Å²) in [7, 11) is 0. The smallest absolute Gasteiger partial charge is 0.172 e. The molecule has 0 amide bonds. The van der Waals surface area contributed by atoms with Gasteiger partial charge in [-0.05, 0) is 31.4 Å². The van der Waals surface area contributed by atoms with Crippen molar-refractivity contribution in [3.63, 3.8) is 0 Å². The zero-order valence-electron chi connectivity index (χ0n) is 10.4. The van der Waals surface area contributed by atoms with Crippen molar-refractivity contribution in [2.24, 2.45) is 5.92 Å². The maximum atomic E-state index is 11.9. The molecule has 0 N–H and O–H groups in total. The first kappa shape index (κ1) is 12.7. The van der Waals surface area contributed by atoms with Crippen LogP contribution < -0.4 is 0 Å². The summed E-state index contributed by atoms with van der Waals surface area (Å²) in [5.41, 5.74) is 2.06. The second-order valence-corrected chi connectivity index (χ2v) is 5.99. The van der Waals surface area contributed by atoms with E-state index in [1.54, 1.807) is 0 Å². The van der Waals surface area contributed by atoms with Gasteiger partial charge in [0, 0.05) is 5.56 Å². The molecule has 0 radical (unpaired) electrons. The van der Waals surface area contributed by atoms with Crippen molar-refractivity contribution in [1.82, 2.24) is 0 Å². The fourth-order valence-corrected chi connectivity index (χ4v) is 3.45. The van der Waals surface area contributed by atoms with Crippen LogP contribution in [-0.4, -0.2) is 17.3 Å². The second-order valence-electron chi connectivity index (χ2n) is 4.95. The highest BCUT2D eigenvalue weighted by Crippen LogP contribution is 2.28. The summed E-state index contributed by atoms with van der Waals surface area (Å²) in [5.74, 6) is 2.94. The van der Waals surface area contributed by atoms with E-state index in [0.717, 1.165) is 17.2 Å². The van der Waals surface area contributed by atoms with Crippen LogP contribution in [0.1, 0.15) is 41.6 Å². The molecule has 1 nitrogen and oxygen atoms in total. The minimum absolute atomic E-state index is 0.271. The minimum atomic E-state index is 0.271. The van der Waals surface area contributed by atoms with Crippen LogP contribution in [-0.2, 0) is 0 Å². The molecule has 0 unspecified atom stereocenters. The van der Waals surface area contributed by atoms with Crippen molar-refractivity contribution in [2.75, 3.05) is 11.5 Å². The number of hydrogen-bond acceptors (Lipinski definition) is 2. The Morgan fingerprint density at radius 1 is 1.24 bits per heavy atom. The number of benzene rings is 1. The molecule has 1 aliphatic carbocycles. The number of ketones is 1. The van der Waals surface area contributed by atoms with Crippen LogP contribution in [0.15, 0.2) is 24.3 Å². The number of rotatable bonds is 5. The van der Waals surface area contributed by atoms with Gasteiger partial charge in [-0.3, -0.25) is 4.79 Å². The molecule has 92 valence electrons. The highest BCUT2D eigenvalue weighted by atomic mass is 32.2. The number of aryl methyl sites for hydroxylation is 1. The molecule has 1 aromatic carbocycles. The Bertz CT molecular complexity index is 363. The lowest BCUT2D eigenvalue weighted by Crippen LogP contribution is -2.05. The van der Waals surface area contributed by atoms with Crippen molar-refractivity contribution in [3.8, 4) is 0 Å². The van der Waals surface area contributed by atoms with Gasteiger partial charge in [0.1, 0.15) is 0 Å². The molecule has 1 fully saturated rings. The maximum absolute atomic E-state index is 11.9. The van der Waals surface area contributed by atoms with Gasteiger partial charge in [-0.1, -0.05) is 42.7 Å². The fourth-order valence-electron chi connectivity index (χ4n) is 2.32. The SMILES string of the molecule is Cc1ccc(C(=O)CSCC2CCCC2)cc1. The van der Waals surface area contributed by atoms with Gasteiger partial charge < -0.3 is 0 Å². The molecule has 0 spiro atoms. The molecule has 0 heterocycles. The van der Waals surface area contributed by atoms with Crippen molar-refractivity contribution in [1.29, 1.82) is 0 Å². The van der Waals surface area contributed by atoms with E-state index in [1.165, 1.54) is 31.2 Å². The van der Waals surface area contributed by atoms with Crippen LogP contribution in [0.4, 0.5) is 0 Å². The van der Waals surface area contributed by atoms with Gasteiger partial charge in [-0.2, -0.15) is 11.8 Å². The van der Waals surface area contributed by atoms with Crippen LogP contribution in [0.3, 0.4) is 0 Å². The van der Waals surface area contributed by atoms with Gasteiger partial charge in [0.15, 0.2) is 5.78 Å². The molecule has 1 aliphatic rings. The first-order valence-corrected chi connectivity index (χ1v) is 7.59. The third-order valence-corrected chi connectivity index (χ3v) is 4.61. The predicted molar refractivity (Wildman–Crippen MR) is 74.8 cm³/mol. The molecule has 0 aromatic heterocycles. The van der Waals surface area contributed by atoms with Crippen molar-refractivity contribution in [3.05, 3.63) is 35.4 Å². The van der Waals surface area contributed by atoms with E-state index in [9.17, 15) is 4.79 Å². The Kier molecular flexibility index (Phi) is 4.66. The van der Waals surface area contributed by atoms with E-state index >= 15 is 0 Å². The Balaban J connectivity index is 1.75. The van der Waals surface area contributed by atoms with Crippen LogP contribution >= 0.6 is 11.8 Å². The number of hydrogen-bond donors (Lipinski definition) is 0. The molecule has 2 heteroatoms. The van der Waals surface area contributed by atoms with Gasteiger partial charge in [0.25, 0.3) is 0 Å². The summed E-state index contributed by atoms with van der Waals surface area (Å²) in [6.45, 7) is 2.04. The third-order valence-electron chi connectivity index (χ3n) is 3.43. The van der Waals surface area contributed by atoms with E-state index in [2.05, 4.69) is 0 Å². The topological polar surface area (TPSA) is 17.1 Å². The molecule has 0 saturated heterocycles. The van der Waals surface area contributed by atoms with Crippen molar-refractivity contribution >= 4 is 17.5 Å². The van der Waals surface area contributed by atoms with Crippen LogP contribution in [0.25, 0.3) is 0 Å². The van der Waals surface area contributed by atoms with Gasteiger partial charge in [0.2, 0.25) is 0 Å². The molecule has 0 bridgehead atoms. The first-order chi connectivity index (χ1) is 8.25. The summed E-state index contributed by atoms with van der Waals surface area (Å²) in [5, 5.41) is 0. The predicted octanol–water partition coefficient (Wildman–Crippen LogP) is 4.10. The molecule has 17 heavy (non-hydrogen) atoms. The zero-order valence-corrected chi connectivity index (χ0v) is 11.3. The second kappa shape index (κ2) is 6.25. The molecule has 1 saturated carbocycles. The first-order valence-electron chi connectivity index (χ1n) is 6.43. The monoisotopic (exact) mass is 248 g/mol. The summed E-state index contributed by atoms with van der Waals surface area (Å²) in [4.78, 5) is 11.9. The average Bonchev–Trinajstić information content (AvgIpc) is 2.83. The summed E-state index contributed by atoms with van der Waals surface area (Å²) >= 11 is 1.81. The Morgan fingerprint density at radius 2 is 1.88 bits per heavy atom. The van der Waals surface area contributed by atoms with E-state index < -0.39 is 0 Å². The van der Waals surface area contributed by atoms with Crippen molar-refractivity contribution in [2.45, 2.75) is 32.6 Å². The van der Waals surface area contributed by atoms with Gasteiger partial charge in [-0.25, -0.2) is 0 Å². The fraction of sp³-hybridized carbons (Fsp3) is 0.533. The average molecular weight is 248 g/mol. The standard InChI is InChI=1S/C15H20OS/c1-12-6-8-14(9-7-12)15(16)11-17-10-13-4-2-3-5-13/h6-9,13H,2-5,10-11H2,1H3. The van der Waals surface area contributed by atoms with Gasteiger partial charge in [0.05, 0.1) is 5.75 Å². The van der Waals surface area contributed by atoms with Crippen LogP contribution in [0, 0.1) is 12.8 Å². The van der Waals surface area contributed by atoms with E-state index in [-0.39, 0.29) is 5.78 Å². The highest BCUT2D eigenvalue weighted by Gasteiger charge is 2.15. The zero-order chi connectivity index (χ0) is 12.1. The van der Waals surface area contributed by atoms with E-state index in [1.807, 2.05) is 43.0 Å². The summed E-state index contributed by atoms with van der Waals surface area (Å²) < 4.78 is 0. The lowest BCUT2D eigenvalue weighted by Gasteiger charge is -2.07. The van der Waals surface area contributed by atoms with E-state index in [4.69, 9.17) is 0 Å². The number of Topliss-reactive ketones (excluding diaryl/α,β-unsaturated/α-hetero) is 1. The Hall–Kier alpha value is -0.760. The van der Waals surface area contributed by atoms with Crippen molar-refractivity contribution < 1.29 is 4.79 Å². The largest absolute Gasteiger partial charge is 0.293 e. The number of carbonyl (C=O) groups is 1. The number of carbonyl (C=O) groups excluding carboxylic acids is 1. The molecule has 0 aliphatic heterocycles. The number of thioether (sulfide) groups is 1. The normalized spacial score (nSPS) is 16.3. The Labute approximate surface area is 108 Å². The lowest BCUT2D eigenvalue weighted by molar-refractivity contribution is 0.102. The molecule has 2 rings (SSSR count). The molecular weight excluding hydrogens is 228 g/mol. The highest BCUT2D eigenvalue weighted by molar-refractivity contribution is 7.99. The lowest BCUT2D eigenvalue weighted by atomic mass is 10.1. The quantitative estimate of drug-likeness (QED) is 0.730. The van der Waals surface area contributed by atoms with Gasteiger partial charge >= 0.3 is 0 Å². The molecular formula is C15H20OS. The molecule has 1 aromatic rings. The van der Waals surface area contributed by atoms with E-state index in [0.29, 0.717) is 5.75 Å². The summed E-state index contributed by atoms with van der Waals surface area (Å²) in [6.07, 6.45) is 5.51. The maximum Gasteiger partial charge on any atom is 0.172 e. The van der Waals surface area contributed by atoms with Crippen LogP contribution in [0.5, 0.6) is 0 Å². The Morgan fingerprint density at radius 3 is 2.53 bits per heavy atom.